The molecule has 2 fully saturated rings. The van der Waals surface area contributed by atoms with Gasteiger partial charge in [0.25, 0.3) is 15.9 Å². The number of benzene rings is 1. The van der Waals surface area contributed by atoms with Crippen molar-refractivity contribution in [2.45, 2.75) is 68.4 Å². The van der Waals surface area contributed by atoms with E-state index in [0.717, 1.165) is 12.8 Å². The molecule has 2 aliphatic heterocycles. The number of hydrogen-bond acceptors (Lipinski definition) is 7. The van der Waals surface area contributed by atoms with Gasteiger partial charge in [-0.3, -0.25) is 4.79 Å². The van der Waals surface area contributed by atoms with Gasteiger partial charge in [-0.25, -0.2) is 8.42 Å². The molecule has 2 bridgehead atoms. The average molecular weight is 560 g/mol. The number of carbonyl (C=O) groups excluding carboxylic acids is 1. The van der Waals surface area contributed by atoms with Crippen molar-refractivity contribution >= 4 is 37.3 Å². The first kappa shape index (κ1) is 25.6. The summed E-state index contributed by atoms with van der Waals surface area (Å²) in [7, 11) is -7.58. The number of aliphatic hydroxyl groups excluding tert-OH is 1. The number of sulfonamides is 1. The van der Waals surface area contributed by atoms with Crippen molar-refractivity contribution in [1.29, 1.82) is 0 Å². The molecule has 2 heterocycles. The molecule has 204 valence electrons. The van der Waals surface area contributed by atoms with Crippen molar-refractivity contribution in [2.24, 2.45) is 27.6 Å². The van der Waals surface area contributed by atoms with E-state index < -0.39 is 25.8 Å². The molecule has 0 radical (unpaired) electrons. The first-order valence-electron chi connectivity index (χ1n) is 13.1. The molecule has 1 aromatic rings. The van der Waals surface area contributed by atoms with Crippen LogP contribution in [0.2, 0.25) is 0 Å². The van der Waals surface area contributed by atoms with Crippen molar-refractivity contribution in [3.8, 4) is 0 Å². The van der Waals surface area contributed by atoms with Gasteiger partial charge in [-0.05, 0) is 60.6 Å². The zero-order valence-electron chi connectivity index (χ0n) is 21.7. The Balaban J connectivity index is 1.36. The van der Waals surface area contributed by atoms with Crippen molar-refractivity contribution in [1.82, 2.24) is 4.90 Å². The number of allylic oxidation sites excluding steroid dienone is 1. The second-order valence-corrected chi connectivity index (χ2v) is 16.3. The van der Waals surface area contributed by atoms with Gasteiger partial charge in [0.2, 0.25) is 0 Å². The number of nitrogens with zero attached hydrogens (tertiary/aromatic N) is 2. The standard InChI is InChI=1S/C27H33N3O6S2/c1-27(2,3)10-11-30-23-17-6-5-16(13-17)21(23)24(31)22(26(30)32)25-28-19-9-4-15(12-20(19)38(35,36)29-25)14-37(33,34)18-7-8-18/h4-6,9,12,16-18,21,23,31H,7-8,10-11,13-14H2,1-3H3,(H,28,29). The molecule has 1 amide bonds. The molecule has 6 rings (SSSR count). The molecule has 0 spiro atoms. The highest BCUT2D eigenvalue weighted by Crippen LogP contribution is 2.52. The largest absolute Gasteiger partial charge is 0.511 e. The average Bonchev–Trinajstić information content (AvgIpc) is 3.49. The van der Waals surface area contributed by atoms with Crippen LogP contribution in [-0.2, 0) is 30.4 Å². The minimum atomic E-state index is -4.25. The minimum Gasteiger partial charge on any atom is -0.511 e. The molecule has 9 nitrogen and oxygen atoms in total. The highest BCUT2D eigenvalue weighted by Gasteiger charge is 2.55. The van der Waals surface area contributed by atoms with Gasteiger partial charge in [0, 0.05) is 18.5 Å². The van der Waals surface area contributed by atoms with E-state index in [9.17, 15) is 26.7 Å². The van der Waals surface area contributed by atoms with E-state index in [0.29, 0.717) is 24.9 Å². The predicted octanol–water partition coefficient (Wildman–Crippen LogP) is 3.56. The smallest absolute Gasteiger partial charge is 0.286 e. The highest BCUT2D eigenvalue weighted by molar-refractivity contribution is 7.91. The molecule has 3 aliphatic carbocycles. The number of carbonyl (C=O) groups is 1. The number of rotatable bonds is 6. The first-order chi connectivity index (χ1) is 17.7. The summed E-state index contributed by atoms with van der Waals surface area (Å²) in [6, 6.07) is 4.26. The third kappa shape index (κ3) is 4.27. The van der Waals surface area contributed by atoms with Gasteiger partial charge in [0.05, 0.1) is 16.7 Å². The molecule has 11 heteroatoms. The van der Waals surface area contributed by atoms with Crippen LogP contribution < -0.4 is 5.32 Å². The summed E-state index contributed by atoms with van der Waals surface area (Å²) in [4.78, 5) is 15.5. The fraction of sp³-hybridized carbons (Fsp3) is 0.556. The number of nitrogens with one attached hydrogen (secondary N) is 1. The molecule has 1 aromatic carbocycles. The van der Waals surface area contributed by atoms with Crippen LogP contribution in [0.4, 0.5) is 5.69 Å². The second kappa shape index (κ2) is 8.42. The lowest BCUT2D eigenvalue weighted by molar-refractivity contribution is -0.132. The fourth-order valence-electron chi connectivity index (χ4n) is 6.25. The molecule has 38 heavy (non-hydrogen) atoms. The molecule has 2 N–H and O–H groups in total. The quantitative estimate of drug-likeness (QED) is 0.509. The van der Waals surface area contributed by atoms with Crippen LogP contribution in [-0.4, -0.2) is 56.4 Å². The Morgan fingerprint density at radius 1 is 1.16 bits per heavy atom. The van der Waals surface area contributed by atoms with Crippen molar-refractivity contribution in [3.63, 3.8) is 0 Å². The third-order valence-corrected chi connectivity index (χ3v) is 11.9. The lowest BCUT2D eigenvalue weighted by Gasteiger charge is -2.43. The lowest BCUT2D eigenvalue weighted by atomic mass is 9.80. The molecule has 4 atom stereocenters. The molecular weight excluding hydrogens is 526 g/mol. The maximum atomic E-state index is 13.9. The molecule has 5 aliphatic rings. The number of fused-ring (bicyclic) bond motifs is 6. The number of anilines is 1. The monoisotopic (exact) mass is 559 g/mol. The van der Waals surface area contributed by atoms with Crippen molar-refractivity contribution < 1.29 is 26.7 Å². The summed E-state index contributed by atoms with van der Waals surface area (Å²) in [6.45, 7) is 6.81. The summed E-state index contributed by atoms with van der Waals surface area (Å²) >= 11 is 0. The normalized spacial score (nSPS) is 29.7. The van der Waals surface area contributed by atoms with Crippen LogP contribution in [0.15, 0.2) is 51.0 Å². The maximum absolute atomic E-state index is 13.9. The van der Waals surface area contributed by atoms with Crippen LogP contribution in [0.5, 0.6) is 0 Å². The third-order valence-electron chi connectivity index (χ3n) is 8.35. The van der Waals surface area contributed by atoms with E-state index in [1.807, 2.05) is 0 Å². The van der Waals surface area contributed by atoms with E-state index in [2.05, 4.69) is 42.6 Å². The fourth-order valence-corrected chi connectivity index (χ4v) is 9.16. The van der Waals surface area contributed by atoms with Crippen molar-refractivity contribution in [3.05, 3.63) is 47.2 Å². The van der Waals surface area contributed by atoms with Crippen LogP contribution in [0.3, 0.4) is 0 Å². The Bertz CT molecular complexity index is 1530. The number of amidine groups is 1. The summed E-state index contributed by atoms with van der Waals surface area (Å²) in [5, 5.41) is 14.0. The summed E-state index contributed by atoms with van der Waals surface area (Å²) in [5.41, 5.74) is 0.461. The number of aliphatic hydroxyl groups is 1. The van der Waals surface area contributed by atoms with E-state index in [-0.39, 0.29) is 68.0 Å². The van der Waals surface area contributed by atoms with Crippen LogP contribution in [0.25, 0.3) is 0 Å². The molecular formula is C27H33N3O6S2. The Kier molecular flexibility index (Phi) is 5.67. The predicted molar refractivity (Wildman–Crippen MR) is 144 cm³/mol. The highest BCUT2D eigenvalue weighted by atomic mass is 32.2. The van der Waals surface area contributed by atoms with Crippen LogP contribution in [0.1, 0.15) is 52.0 Å². The summed E-state index contributed by atoms with van der Waals surface area (Å²) in [5.74, 6) is -1.02. The van der Waals surface area contributed by atoms with E-state index in [1.54, 1.807) is 11.0 Å². The summed E-state index contributed by atoms with van der Waals surface area (Å²) in [6.07, 6.45) is 7.08. The Morgan fingerprint density at radius 3 is 2.55 bits per heavy atom. The Hall–Kier alpha value is -2.66. The number of sulfone groups is 1. The Morgan fingerprint density at radius 2 is 1.87 bits per heavy atom. The molecule has 4 unspecified atom stereocenters. The molecule has 0 saturated heterocycles. The number of amides is 1. The second-order valence-electron chi connectivity index (χ2n) is 12.4. The van der Waals surface area contributed by atoms with Gasteiger partial charge < -0.3 is 15.3 Å². The minimum absolute atomic E-state index is 0.0137. The summed E-state index contributed by atoms with van der Waals surface area (Å²) < 4.78 is 55.4. The topological polar surface area (TPSA) is 133 Å². The van der Waals surface area contributed by atoms with Gasteiger partial charge in [0.1, 0.15) is 16.2 Å². The van der Waals surface area contributed by atoms with Gasteiger partial charge in [-0.15, -0.1) is 4.40 Å². The van der Waals surface area contributed by atoms with Crippen LogP contribution in [0, 0.1) is 23.2 Å². The molecule has 2 saturated carbocycles. The van der Waals surface area contributed by atoms with E-state index >= 15 is 0 Å². The Labute approximate surface area is 223 Å². The van der Waals surface area contributed by atoms with Gasteiger partial charge in [0.15, 0.2) is 15.7 Å². The zero-order valence-corrected chi connectivity index (χ0v) is 23.3. The van der Waals surface area contributed by atoms with Gasteiger partial charge in [-0.1, -0.05) is 39.0 Å². The van der Waals surface area contributed by atoms with Crippen LogP contribution >= 0.6 is 0 Å². The number of hydrogen-bond donors (Lipinski definition) is 2. The van der Waals surface area contributed by atoms with E-state index in [1.165, 1.54) is 12.1 Å². The molecule has 0 aromatic heterocycles. The lowest BCUT2D eigenvalue weighted by Crippen LogP contribution is -2.54. The maximum Gasteiger partial charge on any atom is 0.286 e. The van der Waals surface area contributed by atoms with Gasteiger partial charge in [-0.2, -0.15) is 8.42 Å². The zero-order chi connectivity index (χ0) is 27.2. The SMILES string of the molecule is CC(C)(C)CCN1C(=O)C(C2=NS(=O)(=O)c3cc(CS(=O)(=O)C4CC4)ccc3N2)=C(O)C2C3C=CC(C3)C21. The van der Waals surface area contributed by atoms with Gasteiger partial charge >= 0.3 is 0 Å². The van der Waals surface area contributed by atoms with E-state index in [4.69, 9.17) is 0 Å². The first-order valence-corrected chi connectivity index (χ1v) is 16.3. The van der Waals surface area contributed by atoms with Crippen molar-refractivity contribution in [2.75, 3.05) is 11.9 Å².